The molecule has 138 valence electrons. The Hall–Kier alpha value is -0.580. The first-order valence-corrected chi connectivity index (χ1v) is 8.64. The summed E-state index contributed by atoms with van der Waals surface area (Å²) in [5.41, 5.74) is -0.540. The molecule has 0 radical (unpaired) electrons. The molecule has 0 amide bonds. The molecular weight excluding hydrogens is 452 g/mol. The molecule has 4 nitrogen and oxygen atoms in total. The van der Waals surface area contributed by atoms with Crippen molar-refractivity contribution in [2.24, 2.45) is 10.4 Å². The summed E-state index contributed by atoms with van der Waals surface area (Å²) >= 11 is 1.04. The fourth-order valence-electron chi connectivity index (χ4n) is 2.53. The second kappa shape index (κ2) is 8.68. The molecule has 0 aromatic carbocycles. The lowest BCUT2D eigenvalue weighted by Gasteiger charge is -2.23. The molecule has 0 aliphatic carbocycles. The predicted molar refractivity (Wildman–Crippen MR) is 102 cm³/mol. The molecule has 2 rings (SSSR count). The van der Waals surface area contributed by atoms with Crippen LogP contribution in [0.3, 0.4) is 0 Å². The molecule has 1 aliphatic heterocycles. The Morgan fingerprint density at radius 1 is 1.46 bits per heavy atom. The Morgan fingerprint density at radius 2 is 2.17 bits per heavy atom. The first-order chi connectivity index (χ1) is 10.7. The molecule has 0 atom stereocenters. The Kier molecular flexibility index (Phi) is 7.76. The van der Waals surface area contributed by atoms with Crippen molar-refractivity contribution in [3.8, 4) is 0 Å². The van der Waals surface area contributed by atoms with Crippen LogP contribution < -0.4 is 5.32 Å². The Balaban J connectivity index is 0.00000288. The van der Waals surface area contributed by atoms with Gasteiger partial charge in [-0.05, 0) is 18.8 Å². The smallest absolute Gasteiger partial charge is 0.357 e. The Bertz CT molecular complexity index is 557. The third kappa shape index (κ3) is 6.05. The number of hydrogen-bond donors (Lipinski definition) is 1. The van der Waals surface area contributed by atoms with Crippen LogP contribution in [0, 0.1) is 5.41 Å². The zero-order valence-electron chi connectivity index (χ0n) is 14.1. The highest BCUT2D eigenvalue weighted by atomic mass is 127. The number of halogens is 4. The van der Waals surface area contributed by atoms with E-state index in [1.165, 1.54) is 0 Å². The van der Waals surface area contributed by atoms with Crippen LogP contribution in [-0.2, 0) is 12.6 Å². The highest BCUT2D eigenvalue weighted by Gasteiger charge is 2.33. The van der Waals surface area contributed by atoms with Gasteiger partial charge in [0.25, 0.3) is 0 Å². The lowest BCUT2D eigenvalue weighted by molar-refractivity contribution is -0.140. The van der Waals surface area contributed by atoms with Crippen LogP contribution in [0.25, 0.3) is 0 Å². The largest absolute Gasteiger partial charge is 0.434 e. The summed E-state index contributed by atoms with van der Waals surface area (Å²) in [5, 5.41) is 4.79. The van der Waals surface area contributed by atoms with Gasteiger partial charge in [-0.25, -0.2) is 4.98 Å². The fraction of sp³-hybridized carbons (Fsp3) is 0.733. The van der Waals surface area contributed by atoms with Gasteiger partial charge in [-0.3, -0.25) is 4.99 Å². The van der Waals surface area contributed by atoms with Crippen molar-refractivity contribution in [1.29, 1.82) is 0 Å². The molecule has 1 aromatic rings. The lowest BCUT2D eigenvalue weighted by Crippen LogP contribution is -2.40. The van der Waals surface area contributed by atoms with E-state index < -0.39 is 11.9 Å². The van der Waals surface area contributed by atoms with Crippen LogP contribution in [0.1, 0.15) is 37.9 Å². The number of likely N-dealkylation sites (tertiary alicyclic amines) is 1. The van der Waals surface area contributed by atoms with Crippen LogP contribution >= 0.6 is 35.3 Å². The number of aliphatic imine (C=N–C) groups is 1. The molecule has 1 N–H and O–H groups in total. The molecule has 1 aliphatic rings. The van der Waals surface area contributed by atoms with Gasteiger partial charge in [0.05, 0.1) is 5.01 Å². The van der Waals surface area contributed by atoms with E-state index in [2.05, 4.69) is 34.0 Å². The van der Waals surface area contributed by atoms with Gasteiger partial charge >= 0.3 is 6.18 Å². The minimum absolute atomic E-state index is 0. The van der Waals surface area contributed by atoms with E-state index in [0.29, 0.717) is 18.0 Å². The zero-order chi connectivity index (χ0) is 17.1. The van der Waals surface area contributed by atoms with Crippen LogP contribution in [0.15, 0.2) is 10.4 Å². The SMILES string of the molecule is CCNC(=NCCc1nc(C(F)(F)F)cs1)N1CCC(C)(C)C1.I. The molecule has 0 saturated carbocycles. The van der Waals surface area contributed by atoms with Gasteiger partial charge in [0.15, 0.2) is 11.7 Å². The number of nitrogens with one attached hydrogen (secondary N) is 1. The first kappa shape index (κ1) is 21.5. The van der Waals surface area contributed by atoms with Crippen molar-refractivity contribution < 1.29 is 13.2 Å². The summed E-state index contributed by atoms with van der Waals surface area (Å²) in [7, 11) is 0. The fourth-order valence-corrected chi connectivity index (χ4v) is 3.33. The molecule has 9 heteroatoms. The standard InChI is InChI=1S/C15H23F3N4S.HI/c1-4-19-13(22-8-6-14(2,3)10-22)20-7-5-12-21-11(9-23-12)15(16,17)18;/h9H,4-8,10H2,1-3H3,(H,19,20);1H. The molecular formula is C15H24F3IN4S. The monoisotopic (exact) mass is 476 g/mol. The van der Waals surface area contributed by atoms with Gasteiger partial charge in [-0.2, -0.15) is 13.2 Å². The molecule has 1 aromatic heterocycles. The minimum atomic E-state index is -4.37. The van der Waals surface area contributed by atoms with Crippen LogP contribution in [0.5, 0.6) is 0 Å². The van der Waals surface area contributed by atoms with Crippen molar-refractivity contribution in [3.05, 3.63) is 16.1 Å². The van der Waals surface area contributed by atoms with Crippen LogP contribution in [0.4, 0.5) is 13.2 Å². The second-order valence-corrected chi connectivity index (χ2v) is 7.39. The molecule has 0 bridgehead atoms. The molecule has 1 fully saturated rings. The van der Waals surface area contributed by atoms with Crippen molar-refractivity contribution in [3.63, 3.8) is 0 Å². The molecule has 0 unspecified atom stereocenters. The molecule has 24 heavy (non-hydrogen) atoms. The van der Waals surface area contributed by atoms with Crippen molar-refractivity contribution in [2.75, 3.05) is 26.2 Å². The van der Waals surface area contributed by atoms with Crippen molar-refractivity contribution in [2.45, 2.75) is 39.8 Å². The van der Waals surface area contributed by atoms with E-state index in [4.69, 9.17) is 0 Å². The van der Waals surface area contributed by atoms with E-state index in [0.717, 1.165) is 48.7 Å². The van der Waals surface area contributed by atoms with E-state index in [-0.39, 0.29) is 29.4 Å². The third-order valence-electron chi connectivity index (χ3n) is 3.74. The lowest BCUT2D eigenvalue weighted by atomic mass is 9.93. The summed E-state index contributed by atoms with van der Waals surface area (Å²) in [6.45, 7) is 9.56. The van der Waals surface area contributed by atoms with Gasteiger partial charge in [0.1, 0.15) is 0 Å². The van der Waals surface area contributed by atoms with Crippen molar-refractivity contribution >= 4 is 41.3 Å². The van der Waals surface area contributed by atoms with E-state index >= 15 is 0 Å². The minimum Gasteiger partial charge on any atom is -0.357 e. The maximum atomic E-state index is 12.5. The first-order valence-electron chi connectivity index (χ1n) is 7.76. The highest BCUT2D eigenvalue weighted by molar-refractivity contribution is 14.0. The Labute approximate surface area is 162 Å². The van der Waals surface area contributed by atoms with Gasteiger partial charge in [-0.1, -0.05) is 13.8 Å². The summed E-state index contributed by atoms with van der Waals surface area (Å²) < 4.78 is 37.6. The third-order valence-corrected chi connectivity index (χ3v) is 4.65. The molecule has 2 heterocycles. The number of guanidine groups is 1. The number of hydrogen-bond acceptors (Lipinski definition) is 3. The summed E-state index contributed by atoms with van der Waals surface area (Å²) in [6.07, 6.45) is -2.83. The number of thiazole rings is 1. The number of aromatic nitrogens is 1. The maximum absolute atomic E-state index is 12.5. The predicted octanol–water partition coefficient (Wildman–Crippen LogP) is 4.02. The normalized spacial score (nSPS) is 17.8. The average Bonchev–Trinajstić information content (AvgIpc) is 3.04. The van der Waals surface area contributed by atoms with Gasteiger partial charge in [-0.15, -0.1) is 35.3 Å². The topological polar surface area (TPSA) is 40.5 Å². The molecule has 1 saturated heterocycles. The van der Waals surface area contributed by atoms with E-state index in [1.54, 1.807) is 0 Å². The molecule has 0 spiro atoms. The zero-order valence-corrected chi connectivity index (χ0v) is 17.3. The second-order valence-electron chi connectivity index (χ2n) is 6.45. The highest BCUT2D eigenvalue weighted by Crippen LogP contribution is 2.30. The van der Waals surface area contributed by atoms with E-state index in [9.17, 15) is 13.2 Å². The number of alkyl halides is 3. The van der Waals surface area contributed by atoms with Crippen LogP contribution in [0.2, 0.25) is 0 Å². The number of rotatable bonds is 4. The van der Waals surface area contributed by atoms with Crippen LogP contribution in [-0.4, -0.2) is 42.0 Å². The van der Waals surface area contributed by atoms with Crippen molar-refractivity contribution in [1.82, 2.24) is 15.2 Å². The quantitative estimate of drug-likeness (QED) is 0.406. The van der Waals surface area contributed by atoms with Gasteiger partial charge in [0.2, 0.25) is 0 Å². The maximum Gasteiger partial charge on any atom is 0.434 e. The Morgan fingerprint density at radius 3 is 2.67 bits per heavy atom. The number of nitrogens with zero attached hydrogens (tertiary/aromatic N) is 3. The summed E-state index contributed by atoms with van der Waals surface area (Å²) in [5.74, 6) is 0.839. The van der Waals surface area contributed by atoms with Gasteiger partial charge in [0, 0.05) is 38.0 Å². The average molecular weight is 476 g/mol. The summed E-state index contributed by atoms with van der Waals surface area (Å²) in [4.78, 5) is 10.4. The van der Waals surface area contributed by atoms with Gasteiger partial charge < -0.3 is 10.2 Å². The summed E-state index contributed by atoms with van der Waals surface area (Å²) in [6, 6.07) is 0. The van der Waals surface area contributed by atoms with E-state index in [1.807, 2.05) is 6.92 Å².